The van der Waals surface area contributed by atoms with Crippen LogP contribution in [0.4, 0.5) is 0 Å². The van der Waals surface area contributed by atoms with Crippen molar-refractivity contribution in [2.24, 2.45) is 5.41 Å². The van der Waals surface area contributed by atoms with Gasteiger partial charge in [-0.2, -0.15) is 0 Å². The number of carbonyl (C=O) groups is 1. The zero-order chi connectivity index (χ0) is 26.7. The van der Waals surface area contributed by atoms with Crippen LogP contribution in [-0.4, -0.2) is 19.0 Å². The van der Waals surface area contributed by atoms with Crippen LogP contribution >= 0.6 is 0 Å². The number of fused-ring (bicyclic) bond motifs is 2. The molecule has 0 saturated carbocycles. The predicted octanol–water partition coefficient (Wildman–Crippen LogP) is 8.38. The van der Waals surface area contributed by atoms with Crippen LogP contribution in [-0.2, 0) is 24.0 Å². The molecular weight excluding hydrogens is 464 g/mol. The Morgan fingerprint density at radius 1 is 0.947 bits per heavy atom. The Kier molecular flexibility index (Phi) is 7.63. The summed E-state index contributed by atoms with van der Waals surface area (Å²) in [5, 5.41) is 0. The number of Topliss-reactive ketones (excluding diaryl/α,β-unsaturated/α-hetero) is 1. The summed E-state index contributed by atoms with van der Waals surface area (Å²) in [6.45, 7) is 9.35. The number of benzene rings is 3. The lowest BCUT2D eigenvalue weighted by Gasteiger charge is -2.36. The van der Waals surface area contributed by atoms with Crippen molar-refractivity contribution in [1.82, 2.24) is 0 Å². The second-order valence-corrected chi connectivity index (χ2v) is 10.8. The molecule has 0 spiro atoms. The van der Waals surface area contributed by atoms with Crippen LogP contribution < -0.4 is 0 Å². The third-order valence-electron chi connectivity index (χ3n) is 8.32. The van der Waals surface area contributed by atoms with E-state index in [1.165, 1.54) is 39.0 Å². The Balaban J connectivity index is 1.37. The first kappa shape index (κ1) is 26.1. The monoisotopic (exact) mass is 502 g/mol. The van der Waals surface area contributed by atoms with Gasteiger partial charge in [-0.05, 0) is 77.1 Å². The maximum absolute atomic E-state index is 13.3. The normalized spacial score (nSPS) is 19.1. The molecule has 0 saturated heterocycles. The molecule has 2 nitrogen and oxygen atoms in total. The molecule has 0 aliphatic heterocycles. The number of carbonyl (C=O) groups excluding carboxylic acids is 1. The van der Waals surface area contributed by atoms with Crippen LogP contribution in [0.25, 0.3) is 11.6 Å². The van der Waals surface area contributed by atoms with Gasteiger partial charge in [0.25, 0.3) is 0 Å². The van der Waals surface area contributed by atoms with Crippen molar-refractivity contribution in [3.05, 3.63) is 129 Å². The fourth-order valence-corrected chi connectivity index (χ4v) is 6.20. The van der Waals surface area contributed by atoms with Gasteiger partial charge in [0.1, 0.15) is 6.61 Å². The molecule has 1 atom stereocenters. The lowest BCUT2D eigenvalue weighted by molar-refractivity contribution is 0.0719. The first-order chi connectivity index (χ1) is 18.4. The lowest BCUT2D eigenvalue weighted by atomic mass is 9.68. The highest BCUT2D eigenvalue weighted by Gasteiger charge is 2.39. The van der Waals surface area contributed by atoms with Crippen molar-refractivity contribution in [2.75, 3.05) is 13.2 Å². The van der Waals surface area contributed by atoms with Gasteiger partial charge in [-0.25, -0.2) is 0 Å². The molecule has 2 heteroatoms. The fraction of sp³-hybridized carbons (Fsp3) is 0.306. The summed E-state index contributed by atoms with van der Waals surface area (Å²) >= 11 is 0. The molecule has 0 N–H and O–H groups in total. The predicted molar refractivity (Wildman–Crippen MR) is 158 cm³/mol. The standard InChI is InChI=1S/C36H38O2/c1-5-27-20-25(3)21-28(6-2)35(27)34(37)24-38-19-18-36(4)30(22-26-12-8-7-9-13-26)16-17-32-31-15-11-10-14-29(31)23-33(32)36/h7-17,20-22H,5-6,18-19,23-24H2,1-4H3. The van der Waals surface area contributed by atoms with Gasteiger partial charge in [0.2, 0.25) is 0 Å². The van der Waals surface area contributed by atoms with E-state index in [0.717, 1.165) is 42.4 Å². The summed E-state index contributed by atoms with van der Waals surface area (Å²) in [6, 6.07) is 23.6. The van der Waals surface area contributed by atoms with E-state index in [2.05, 4.69) is 113 Å². The minimum absolute atomic E-state index is 0.0978. The number of ketones is 1. The molecule has 0 fully saturated rings. The van der Waals surface area contributed by atoms with E-state index in [0.29, 0.717) is 6.61 Å². The molecule has 3 aromatic rings. The number of aryl methyl sites for hydroxylation is 3. The van der Waals surface area contributed by atoms with Crippen LogP contribution in [0.15, 0.2) is 90.0 Å². The van der Waals surface area contributed by atoms with Crippen molar-refractivity contribution >= 4 is 17.4 Å². The molecule has 0 amide bonds. The maximum Gasteiger partial charge on any atom is 0.189 e. The van der Waals surface area contributed by atoms with Gasteiger partial charge in [-0.1, -0.05) is 111 Å². The Morgan fingerprint density at radius 2 is 1.63 bits per heavy atom. The lowest BCUT2D eigenvalue weighted by Crippen LogP contribution is -2.27. The molecular formula is C36H38O2. The van der Waals surface area contributed by atoms with E-state index in [1.807, 2.05) is 0 Å². The molecule has 2 aliphatic carbocycles. The molecule has 0 aromatic heterocycles. The number of hydrogen-bond donors (Lipinski definition) is 0. The van der Waals surface area contributed by atoms with Gasteiger partial charge in [0.15, 0.2) is 5.78 Å². The van der Waals surface area contributed by atoms with E-state index in [4.69, 9.17) is 4.74 Å². The van der Waals surface area contributed by atoms with Gasteiger partial charge in [0, 0.05) is 17.6 Å². The summed E-state index contributed by atoms with van der Waals surface area (Å²) in [5.41, 5.74) is 12.2. The average Bonchev–Trinajstić information content (AvgIpc) is 3.32. The second-order valence-electron chi connectivity index (χ2n) is 10.8. The Labute approximate surface area is 227 Å². The van der Waals surface area contributed by atoms with Crippen molar-refractivity contribution < 1.29 is 9.53 Å². The van der Waals surface area contributed by atoms with E-state index in [9.17, 15) is 4.79 Å². The van der Waals surface area contributed by atoms with E-state index >= 15 is 0 Å². The zero-order valence-corrected chi connectivity index (χ0v) is 23.1. The average molecular weight is 503 g/mol. The molecule has 0 heterocycles. The van der Waals surface area contributed by atoms with Crippen LogP contribution in [0.1, 0.15) is 70.9 Å². The summed E-state index contributed by atoms with van der Waals surface area (Å²) < 4.78 is 6.15. The van der Waals surface area contributed by atoms with Crippen molar-refractivity contribution in [1.29, 1.82) is 0 Å². The van der Waals surface area contributed by atoms with Crippen molar-refractivity contribution in [3.63, 3.8) is 0 Å². The van der Waals surface area contributed by atoms with E-state index in [-0.39, 0.29) is 17.8 Å². The molecule has 0 bridgehead atoms. The third kappa shape index (κ3) is 4.98. The minimum atomic E-state index is -0.172. The topological polar surface area (TPSA) is 26.3 Å². The molecule has 0 radical (unpaired) electrons. The number of rotatable bonds is 9. The Bertz CT molecular complexity index is 1410. The van der Waals surface area contributed by atoms with Gasteiger partial charge < -0.3 is 4.74 Å². The molecule has 3 aromatic carbocycles. The molecule has 38 heavy (non-hydrogen) atoms. The number of hydrogen-bond acceptors (Lipinski definition) is 2. The third-order valence-corrected chi connectivity index (χ3v) is 8.32. The summed E-state index contributed by atoms with van der Waals surface area (Å²) in [7, 11) is 0. The second kappa shape index (κ2) is 11.1. The van der Waals surface area contributed by atoms with Crippen molar-refractivity contribution in [3.8, 4) is 0 Å². The summed E-state index contributed by atoms with van der Waals surface area (Å²) in [5.74, 6) is 0.0978. The Morgan fingerprint density at radius 3 is 2.34 bits per heavy atom. The quantitative estimate of drug-likeness (QED) is 0.217. The molecule has 1 unspecified atom stereocenters. The van der Waals surface area contributed by atoms with Gasteiger partial charge in [0.05, 0.1) is 0 Å². The largest absolute Gasteiger partial charge is 0.373 e. The highest BCUT2D eigenvalue weighted by molar-refractivity contribution is 6.00. The fourth-order valence-electron chi connectivity index (χ4n) is 6.20. The SMILES string of the molecule is CCc1cc(C)cc(CC)c1C(=O)COCCC1(C)C(=Cc2ccccc2)C=CC2=C1Cc1ccccc12. The van der Waals surface area contributed by atoms with Crippen LogP contribution in [0.2, 0.25) is 0 Å². The van der Waals surface area contributed by atoms with Gasteiger partial charge in [-0.15, -0.1) is 0 Å². The van der Waals surface area contributed by atoms with Gasteiger partial charge >= 0.3 is 0 Å². The van der Waals surface area contributed by atoms with Crippen LogP contribution in [0.5, 0.6) is 0 Å². The van der Waals surface area contributed by atoms with E-state index < -0.39 is 0 Å². The highest BCUT2D eigenvalue weighted by Crippen LogP contribution is 2.52. The Hall–Kier alpha value is -3.49. The van der Waals surface area contributed by atoms with Crippen LogP contribution in [0, 0.1) is 12.3 Å². The number of allylic oxidation sites excluding steroid dienone is 5. The molecule has 2 aliphatic rings. The first-order valence-corrected chi connectivity index (χ1v) is 13.9. The van der Waals surface area contributed by atoms with E-state index in [1.54, 1.807) is 0 Å². The molecule has 5 rings (SSSR count). The molecule has 194 valence electrons. The number of ether oxygens (including phenoxy) is 1. The van der Waals surface area contributed by atoms with Gasteiger partial charge in [-0.3, -0.25) is 4.79 Å². The zero-order valence-electron chi connectivity index (χ0n) is 23.1. The first-order valence-electron chi connectivity index (χ1n) is 13.9. The minimum Gasteiger partial charge on any atom is -0.373 e. The highest BCUT2D eigenvalue weighted by atomic mass is 16.5. The van der Waals surface area contributed by atoms with Crippen molar-refractivity contribution in [2.45, 2.75) is 53.4 Å². The maximum atomic E-state index is 13.3. The summed E-state index contributed by atoms with van der Waals surface area (Å²) in [4.78, 5) is 13.3. The smallest absolute Gasteiger partial charge is 0.189 e. The summed E-state index contributed by atoms with van der Waals surface area (Å²) in [6.07, 6.45) is 10.4. The van der Waals surface area contributed by atoms with Crippen LogP contribution in [0.3, 0.4) is 0 Å².